The molecule has 2 rings (SSSR count). The molecule has 1 heterocycles. The fourth-order valence-electron chi connectivity index (χ4n) is 1.18. The van der Waals surface area contributed by atoms with Crippen LogP contribution >= 0.6 is 11.8 Å². The van der Waals surface area contributed by atoms with Crippen molar-refractivity contribution >= 4 is 11.8 Å². The van der Waals surface area contributed by atoms with E-state index in [1.165, 1.54) is 10.5 Å². The number of fused-ring (bicyclic) bond motifs is 1. The number of benzene rings is 1. The number of rotatable bonds is 1. The third-order valence-corrected chi connectivity index (χ3v) is 2.92. The summed E-state index contributed by atoms with van der Waals surface area (Å²) in [6.45, 7) is 0. The molecule has 57 valence electrons. The first-order valence-corrected chi connectivity index (χ1v) is 4.37. The van der Waals surface area contributed by atoms with Gasteiger partial charge in [0.1, 0.15) is 0 Å². The van der Waals surface area contributed by atoms with Gasteiger partial charge in [0.25, 0.3) is 0 Å². The summed E-state index contributed by atoms with van der Waals surface area (Å²) in [5.74, 6) is 0. The Kier molecular flexibility index (Phi) is 1.88. The van der Waals surface area contributed by atoms with E-state index >= 15 is 0 Å². The van der Waals surface area contributed by atoms with Crippen molar-refractivity contribution in [3.8, 4) is 0 Å². The molecule has 0 aliphatic carbocycles. The molecule has 1 radical (unpaired) electrons. The molecule has 0 unspecified atom stereocenters. The van der Waals surface area contributed by atoms with Crippen LogP contribution in [0, 0.1) is 5.44 Å². The van der Waals surface area contributed by atoms with Crippen LogP contribution in [-0.2, 0) is 11.2 Å². The van der Waals surface area contributed by atoms with E-state index in [1.54, 1.807) is 18.9 Å². The quantitative estimate of drug-likeness (QED) is 0.632. The Balaban J connectivity index is 2.27. The smallest absolute Gasteiger partial charge is 0.160 e. The van der Waals surface area contributed by atoms with Gasteiger partial charge in [0.15, 0.2) is 5.44 Å². The van der Waals surface area contributed by atoms with Gasteiger partial charge in [-0.25, -0.2) is 0 Å². The summed E-state index contributed by atoms with van der Waals surface area (Å²) in [6.07, 6.45) is 0.970. The fraction of sp³-hybridized carbons (Fsp3) is 0.222. The monoisotopic (exact) mass is 165 g/mol. The molecule has 0 aromatic heterocycles. The van der Waals surface area contributed by atoms with Crippen molar-refractivity contribution in [3.63, 3.8) is 0 Å². The van der Waals surface area contributed by atoms with Crippen LogP contribution in [0.15, 0.2) is 29.2 Å². The Bertz CT molecular complexity index is 234. The van der Waals surface area contributed by atoms with Crippen LogP contribution in [0.4, 0.5) is 0 Å². The zero-order valence-corrected chi connectivity index (χ0v) is 7.15. The number of thioether (sulfide) groups is 1. The standard InChI is InChI=1S/C9H9OS/c1-10-9-6-7-4-2-3-5-8(7)11-9/h2-5H,6H2,1H3. The maximum Gasteiger partial charge on any atom is 0.160 e. The summed E-state index contributed by atoms with van der Waals surface area (Å²) in [5, 5.41) is 0. The van der Waals surface area contributed by atoms with Gasteiger partial charge in [-0.05, 0) is 11.6 Å². The Morgan fingerprint density at radius 3 is 2.91 bits per heavy atom. The van der Waals surface area contributed by atoms with E-state index in [-0.39, 0.29) is 0 Å². The zero-order chi connectivity index (χ0) is 7.68. The topological polar surface area (TPSA) is 9.23 Å². The van der Waals surface area contributed by atoms with E-state index in [2.05, 4.69) is 24.3 Å². The van der Waals surface area contributed by atoms with Gasteiger partial charge in [-0.2, -0.15) is 0 Å². The molecular formula is C9H9OS. The molecule has 2 heteroatoms. The second-order valence-electron chi connectivity index (χ2n) is 2.46. The zero-order valence-electron chi connectivity index (χ0n) is 6.33. The average Bonchev–Trinajstić information content (AvgIpc) is 2.46. The fourth-order valence-corrected chi connectivity index (χ4v) is 2.15. The number of hydrogen-bond donors (Lipinski definition) is 0. The van der Waals surface area contributed by atoms with Crippen LogP contribution < -0.4 is 0 Å². The van der Waals surface area contributed by atoms with E-state index in [9.17, 15) is 0 Å². The summed E-state index contributed by atoms with van der Waals surface area (Å²) < 4.78 is 5.17. The van der Waals surface area contributed by atoms with Crippen LogP contribution in [0.1, 0.15) is 5.56 Å². The lowest BCUT2D eigenvalue weighted by Crippen LogP contribution is -1.91. The Morgan fingerprint density at radius 2 is 2.18 bits per heavy atom. The molecule has 0 N–H and O–H groups in total. The predicted octanol–water partition coefficient (Wildman–Crippen LogP) is 2.47. The molecule has 0 amide bonds. The maximum absolute atomic E-state index is 5.17. The third-order valence-electron chi connectivity index (χ3n) is 1.76. The molecule has 0 spiro atoms. The summed E-state index contributed by atoms with van der Waals surface area (Å²) >= 11 is 1.73. The van der Waals surface area contributed by atoms with Crippen molar-refractivity contribution < 1.29 is 4.74 Å². The van der Waals surface area contributed by atoms with Crippen molar-refractivity contribution in [1.29, 1.82) is 0 Å². The van der Waals surface area contributed by atoms with E-state index in [0.717, 1.165) is 11.9 Å². The third kappa shape index (κ3) is 1.28. The molecule has 1 aliphatic rings. The first-order valence-electron chi connectivity index (χ1n) is 3.56. The summed E-state index contributed by atoms with van der Waals surface area (Å²) in [7, 11) is 1.73. The molecular weight excluding hydrogens is 156 g/mol. The highest BCUT2D eigenvalue weighted by Gasteiger charge is 2.21. The molecule has 0 atom stereocenters. The van der Waals surface area contributed by atoms with Crippen LogP contribution in [0.5, 0.6) is 0 Å². The predicted molar refractivity (Wildman–Crippen MR) is 46.3 cm³/mol. The summed E-state index contributed by atoms with van der Waals surface area (Å²) in [5.41, 5.74) is 2.49. The minimum atomic E-state index is 0.970. The molecule has 0 saturated carbocycles. The SMILES string of the molecule is CO[C]1Cc2ccccc2S1. The Morgan fingerprint density at radius 1 is 1.36 bits per heavy atom. The van der Waals surface area contributed by atoms with E-state index in [0.29, 0.717) is 0 Å². The lowest BCUT2D eigenvalue weighted by molar-refractivity contribution is 0.255. The maximum atomic E-state index is 5.17. The van der Waals surface area contributed by atoms with E-state index < -0.39 is 0 Å². The Labute approximate surface area is 70.8 Å². The molecule has 1 aromatic rings. The number of methoxy groups -OCH3 is 1. The molecule has 0 saturated heterocycles. The summed E-state index contributed by atoms with van der Waals surface area (Å²) in [6, 6.07) is 8.41. The van der Waals surface area contributed by atoms with Crippen molar-refractivity contribution in [3.05, 3.63) is 35.3 Å². The van der Waals surface area contributed by atoms with Crippen molar-refractivity contribution in [2.75, 3.05) is 7.11 Å². The highest BCUT2D eigenvalue weighted by Crippen LogP contribution is 2.41. The minimum Gasteiger partial charge on any atom is -0.363 e. The van der Waals surface area contributed by atoms with E-state index in [1.807, 2.05) is 0 Å². The van der Waals surface area contributed by atoms with Gasteiger partial charge in [0.05, 0.1) is 0 Å². The van der Waals surface area contributed by atoms with Crippen molar-refractivity contribution in [1.82, 2.24) is 0 Å². The van der Waals surface area contributed by atoms with Gasteiger partial charge in [0, 0.05) is 18.4 Å². The number of hydrogen-bond acceptors (Lipinski definition) is 2. The second-order valence-corrected chi connectivity index (χ2v) is 3.56. The molecule has 11 heavy (non-hydrogen) atoms. The van der Waals surface area contributed by atoms with Gasteiger partial charge >= 0.3 is 0 Å². The lowest BCUT2D eigenvalue weighted by Gasteiger charge is -2.00. The highest BCUT2D eigenvalue weighted by atomic mass is 32.2. The number of ether oxygens (including phenoxy) is 1. The average molecular weight is 165 g/mol. The molecule has 1 aromatic carbocycles. The lowest BCUT2D eigenvalue weighted by atomic mass is 10.2. The summed E-state index contributed by atoms with van der Waals surface area (Å²) in [4.78, 5) is 1.34. The van der Waals surface area contributed by atoms with Gasteiger partial charge in [-0.3, -0.25) is 0 Å². The second kappa shape index (κ2) is 2.88. The van der Waals surface area contributed by atoms with Crippen molar-refractivity contribution in [2.45, 2.75) is 11.3 Å². The van der Waals surface area contributed by atoms with Crippen LogP contribution in [0.25, 0.3) is 0 Å². The van der Waals surface area contributed by atoms with Crippen molar-refractivity contribution in [2.24, 2.45) is 0 Å². The van der Waals surface area contributed by atoms with Gasteiger partial charge in [-0.15, -0.1) is 0 Å². The van der Waals surface area contributed by atoms with Gasteiger partial charge in [-0.1, -0.05) is 30.0 Å². The van der Waals surface area contributed by atoms with Crippen LogP contribution in [0.3, 0.4) is 0 Å². The molecule has 1 aliphatic heterocycles. The normalized spacial score (nSPS) is 16.8. The van der Waals surface area contributed by atoms with Gasteiger partial charge in [0.2, 0.25) is 0 Å². The first kappa shape index (κ1) is 7.19. The first-order chi connectivity index (χ1) is 5.40. The van der Waals surface area contributed by atoms with Crippen LogP contribution in [0.2, 0.25) is 0 Å². The molecule has 0 fully saturated rings. The highest BCUT2D eigenvalue weighted by molar-refractivity contribution is 8.02. The van der Waals surface area contributed by atoms with Gasteiger partial charge < -0.3 is 4.74 Å². The molecule has 1 nitrogen and oxygen atoms in total. The molecule has 0 bridgehead atoms. The Hall–Kier alpha value is -0.470. The van der Waals surface area contributed by atoms with Crippen LogP contribution in [-0.4, -0.2) is 7.11 Å². The minimum absolute atomic E-state index is 0.970. The van der Waals surface area contributed by atoms with E-state index in [4.69, 9.17) is 4.74 Å². The largest absolute Gasteiger partial charge is 0.363 e.